The maximum atomic E-state index is 4.23. The molecule has 0 aliphatic rings. The van der Waals surface area contributed by atoms with E-state index in [0.717, 1.165) is 10.6 Å². The zero-order valence-electron chi connectivity index (χ0n) is 8.64. The van der Waals surface area contributed by atoms with Gasteiger partial charge >= 0.3 is 0 Å². The van der Waals surface area contributed by atoms with Gasteiger partial charge in [-0.2, -0.15) is 0 Å². The first-order valence-corrected chi connectivity index (χ1v) is 5.58. The Morgan fingerprint density at radius 2 is 2.00 bits per heavy atom. The van der Waals surface area contributed by atoms with Crippen molar-refractivity contribution in [3.63, 3.8) is 0 Å². The third kappa shape index (κ3) is 2.50. The van der Waals surface area contributed by atoms with Crippen LogP contribution in [0, 0.1) is 6.92 Å². The normalized spacial score (nSPS) is 12.4. The van der Waals surface area contributed by atoms with Crippen molar-refractivity contribution in [2.75, 3.05) is 5.32 Å². The number of nitrogens with one attached hydrogen (secondary N) is 1. The summed E-state index contributed by atoms with van der Waals surface area (Å²) in [5.41, 5.74) is 1.06. The summed E-state index contributed by atoms with van der Waals surface area (Å²) >= 11 is 1.62. The van der Waals surface area contributed by atoms with E-state index in [2.05, 4.69) is 20.3 Å². The lowest BCUT2D eigenvalue weighted by molar-refractivity contribution is 0.847. The van der Waals surface area contributed by atoms with Gasteiger partial charge in [-0.15, -0.1) is 11.3 Å². The first-order valence-electron chi connectivity index (χ1n) is 4.70. The Balaban J connectivity index is 2.06. The molecule has 5 heteroatoms. The summed E-state index contributed by atoms with van der Waals surface area (Å²) in [6.07, 6.45) is 5.39. The zero-order chi connectivity index (χ0) is 10.7. The summed E-state index contributed by atoms with van der Waals surface area (Å²) in [5.74, 6) is 0.642. The highest BCUT2D eigenvalue weighted by molar-refractivity contribution is 7.09. The van der Waals surface area contributed by atoms with Crippen LogP contribution in [0.3, 0.4) is 0 Å². The standard InChI is InChI=1S/C10H12N4S/c1-7-5-12-10(13-6-7)14-8(2)9-11-3-4-15-9/h3-6,8H,1-2H3,(H,12,13,14). The highest BCUT2D eigenvalue weighted by atomic mass is 32.1. The van der Waals surface area contributed by atoms with Gasteiger partial charge < -0.3 is 5.32 Å². The van der Waals surface area contributed by atoms with E-state index in [-0.39, 0.29) is 6.04 Å². The van der Waals surface area contributed by atoms with Gasteiger partial charge in [0.15, 0.2) is 0 Å². The minimum Gasteiger partial charge on any atom is -0.345 e. The fourth-order valence-electron chi connectivity index (χ4n) is 1.17. The SMILES string of the molecule is Cc1cnc(NC(C)c2nccs2)nc1. The molecule has 0 saturated heterocycles. The molecule has 0 fully saturated rings. The lowest BCUT2D eigenvalue weighted by Gasteiger charge is -2.10. The summed E-state index contributed by atoms with van der Waals surface area (Å²) in [4.78, 5) is 12.6. The van der Waals surface area contributed by atoms with E-state index in [1.807, 2.05) is 19.2 Å². The molecule has 0 aliphatic carbocycles. The summed E-state index contributed by atoms with van der Waals surface area (Å²) in [7, 11) is 0. The Morgan fingerprint density at radius 3 is 2.60 bits per heavy atom. The fraction of sp³-hybridized carbons (Fsp3) is 0.300. The van der Waals surface area contributed by atoms with E-state index in [1.165, 1.54) is 0 Å². The molecule has 1 unspecified atom stereocenters. The summed E-state index contributed by atoms with van der Waals surface area (Å²) in [6.45, 7) is 4.01. The van der Waals surface area contributed by atoms with Gasteiger partial charge in [0.05, 0.1) is 6.04 Å². The van der Waals surface area contributed by atoms with Crippen molar-refractivity contribution in [2.24, 2.45) is 0 Å². The van der Waals surface area contributed by atoms with Gasteiger partial charge in [-0.25, -0.2) is 15.0 Å². The molecule has 0 aliphatic heterocycles. The second-order valence-electron chi connectivity index (χ2n) is 3.32. The van der Waals surface area contributed by atoms with Crippen LogP contribution >= 0.6 is 11.3 Å². The molecular weight excluding hydrogens is 208 g/mol. The van der Waals surface area contributed by atoms with E-state index < -0.39 is 0 Å². The highest BCUT2D eigenvalue weighted by Gasteiger charge is 2.08. The molecule has 4 nitrogen and oxygen atoms in total. The molecule has 0 aromatic carbocycles. The number of hydrogen-bond acceptors (Lipinski definition) is 5. The molecule has 2 aromatic heterocycles. The van der Waals surface area contributed by atoms with Crippen LogP contribution in [0.25, 0.3) is 0 Å². The molecule has 0 spiro atoms. The molecule has 2 aromatic rings. The molecule has 15 heavy (non-hydrogen) atoms. The second kappa shape index (κ2) is 4.35. The minimum atomic E-state index is 0.146. The topological polar surface area (TPSA) is 50.7 Å². The molecule has 1 atom stereocenters. The van der Waals surface area contributed by atoms with Crippen molar-refractivity contribution < 1.29 is 0 Å². The van der Waals surface area contributed by atoms with Gasteiger partial charge in [-0.1, -0.05) is 0 Å². The van der Waals surface area contributed by atoms with E-state index in [1.54, 1.807) is 29.9 Å². The number of aromatic nitrogens is 3. The maximum Gasteiger partial charge on any atom is 0.223 e. The van der Waals surface area contributed by atoms with Gasteiger partial charge in [0, 0.05) is 24.0 Å². The lowest BCUT2D eigenvalue weighted by atomic mass is 10.3. The number of hydrogen-bond donors (Lipinski definition) is 1. The molecule has 2 heterocycles. The molecule has 78 valence electrons. The minimum absolute atomic E-state index is 0.146. The van der Waals surface area contributed by atoms with Gasteiger partial charge in [0.1, 0.15) is 5.01 Å². The Hall–Kier alpha value is -1.49. The van der Waals surface area contributed by atoms with E-state index >= 15 is 0 Å². The Kier molecular flexibility index (Phi) is 2.91. The number of aryl methyl sites for hydroxylation is 1. The monoisotopic (exact) mass is 220 g/mol. The fourth-order valence-corrected chi connectivity index (χ4v) is 1.82. The van der Waals surface area contributed by atoms with Crippen molar-refractivity contribution in [1.29, 1.82) is 0 Å². The van der Waals surface area contributed by atoms with E-state index in [9.17, 15) is 0 Å². The molecule has 0 bridgehead atoms. The molecular formula is C10H12N4S. The van der Waals surface area contributed by atoms with E-state index in [4.69, 9.17) is 0 Å². The highest BCUT2D eigenvalue weighted by Crippen LogP contribution is 2.18. The van der Waals surface area contributed by atoms with Gasteiger partial charge in [-0.3, -0.25) is 0 Å². The molecule has 0 radical (unpaired) electrons. The average molecular weight is 220 g/mol. The molecule has 0 amide bonds. The quantitative estimate of drug-likeness (QED) is 0.863. The predicted molar refractivity (Wildman–Crippen MR) is 60.9 cm³/mol. The Bertz CT molecular complexity index is 409. The summed E-state index contributed by atoms with van der Waals surface area (Å²) in [5, 5.41) is 6.20. The first kappa shape index (κ1) is 10.0. The van der Waals surface area contributed by atoms with Crippen molar-refractivity contribution in [3.05, 3.63) is 34.5 Å². The zero-order valence-corrected chi connectivity index (χ0v) is 9.45. The van der Waals surface area contributed by atoms with Crippen LogP contribution in [0.5, 0.6) is 0 Å². The smallest absolute Gasteiger partial charge is 0.223 e. The number of anilines is 1. The van der Waals surface area contributed by atoms with E-state index in [0.29, 0.717) is 5.95 Å². The molecule has 1 N–H and O–H groups in total. The summed E-state index contributed by atoms with van der Waals surface area (Å²) < 4.78 is 0. The van der Waals surface area contributed by atoms with Crippen molar-refractivity contribution in [1.82, 2.24) is 15.0 Å². The van der Waals surface area contributed by atoms with Crippen LogP contribution in [-0.2, 0) is 0 Å². The van der Waals surface area contributed by atoms with Gasteiger partial charge in [-0.05, 0) is 19.4 Å². The predicted octanol–water partition coefficient (Wildman–Crippen LogP) is 2.41. The Morgan fingerprint density at radius 1 is 1.27 bits per heavy atom. The maximum absolute atomic E-state index is 4.23. The van der Waals surface area contributed by atoms with Crippen LogP contribution in [0.15, 0.2) is 24.0 Å². The molecule has 2 rings (SSSR count). The van der Waals surface area contributed by atoms with Crippen LogP contribution in [0.1, 0.15) is 23.5 Å². The van der Waals surface area contributed by atoms with Crippen LogP contribution < -0.4 is 5.32 Å². The van der Waals surface area contributed by atoms with Crippen molar-refractivity contribution in [3.8, 4) is 0 Å². The van der Waals surface area contributed by atoms with Crippen LogP contribution in [0.4, 0.5) is 5.95 Å². The number of thiazole rings is 1. The molecule has 0 saturated carbocycles. The van der Waals surface area contributed by atoms with Crippen LogP contribution in [-0.4, -0.2) is 15.0 Å². The third-order valence-electron chi connectivity index (χ3n) is 1.95. The number of nitrogens with zero attached hydrogens (tertiary/aromatic N) is 3. The first-order chi connectivity index (χ1) is 7.25. The largest absolute Gasteiger partial charge is 0.345 e. The van der Waals surface area contributed by atoms with Gasteiger partial charge in [0.25, 0.3) is 0 Å². The second-order valence-corrected chi connectivity index (χ2v) is 4.25. The van der Waals surface area contributed by atoms with Crippen molar-refractivity contribution >= 4 is 17.3 Å². The Labute approximate surface area is 92.4 Å². The average Bonchev–Trinajstić information content (AvgIpc) is 2.74. The number of rotatable bonds is 3. The van der Waals surface area contributed by atoms with Crippen LogP contribution in [0.2, 0.25) is 0 Å². The van der Waals surface area contributed by atoms with Crippen molar-refractivity contribution in [2.45, 2.75) is 19.9 Å². The summed E-state index contributed by atoms with van der Waals surface area (Å²) in [6, 6.07) is 0.146. The lowest BCUT2D eigenvalue weighted by Crippen LogP contribution is -2.08. The van der Waals surface area contributed by atoms with Gasteiger partial charge in [0.2, 0.25) is 5.95 Å². The third-order valence-corrected chi connectivity index (χ3v) is 2.91.